The summed E-state index contributed by atoms with van der Waals surface area (Å²) in [7, 11) is 0. The molecule has 110 valence electrons. The number of ether oxygens (including phenoxy) is 1. The Morgan fingerprint density at radius 2 is 2.10 bits per heavy atom. The fraction of sp³-hybridized carbons (Fsp3) is 0.231. The standard InChI is InChI=1S/C13H13FN4O3/c1-2-7-15-13-16-8-11(14)12(17-13)21-10-5-3-9(4-6-10)18(19)20/h3-6,8H,2,7H2,1H3,(H,15,16,17). The zero-order valence-corrected chi connectivity index (χ0v) is 11.2. The summed E-state index contributed by atoms with van der Waals surface area (Å²) >= 11 is 0. The van der Waals surface area contributed by atoms with Gasteiger partial charge in [0.1, 0.15) is 5.75 Å². The molecule has 1 aromatic heterocycles. The van der Waals surface area contributed by atoms with Gasteiger partial charge in [0.25, 0.3) is 11.6 Å². The van der Waals surface area contributed by atoms with Crippen molar-refractivity contribution in [1.82, 2.24) is 9.97 Å². The quantitative estimate of drug-likeness (QED) is 0.649. The highest BCUT2D eigenvalue weighted by Gasteiger charge is 2.11. The lowest BCUT2D eigenvalue weighted by atomic mass is 10.3. The second-order valence-electron chi connectivity index (χ2n) is 4.13. The van der Waals surface area contributed by atoms with Gasteiger partial charge < -0.3 is 10.1 Å². The summed E-state index contributed by atoms with van der Waals surface area (Å²) < 4.78 is 18.9. The molecule has 1 aromatic carbocycles. The van der Waals surface area contributed by atoms with Crippen molar-refractivity contribution in [2.75, 3.05) is 11.9 Å². The van der Waals surface area contributed by atoms with E-state index in [1.165, 1.54) is 24.3 Å². The normalized spacial score (nSPS) is 10.2. The highest BCUT2D eigenvalue weighted by molar-refractivity contribution is 5.38. The third-order valence-electron chi connectivity index (χ3n) is 2.51. The molecule has 0 fully saturated rings. The number of nitrogens with zero attached hydrogens (tertiary/aromatic N) is 3. The Morgan fingerprint density at radius 1 is 1.38 bits per heavy atom. The van der Waals surface area contributed by atoms with Gasteiger partial charge in [0.15, 0.2) is 0 Å². The number of non-ortho nitro benzene ring substituents is 1. The predicted octanol–water partition coefficient (Wildman–Crippen LogP) is 3.14. The summed E-state index contributed by atoms with van der Waals surface area (Å²) in [5, 5.41) is 13.5. The lowest BCUT2D eigenvalue weighted by molar-refractivity contribution is -0.384. The molecule has 0 bridgehead atoms. The first-order valence-electron chi connectivity index (χ1n) is 6.29. The van der Waals surface area contributed by atoms with Gasteiger partial charge in [-0.2, -0.15) is 9.37 Å². The van der Waals surface area contributed by atoms with Crippen LogP contribution in [0, 0.1) is 15.9 Å². The smallest absolute Gasteiger partial charge is 0.269 e. The number of nitrogens with one attached hydrogen (secondary N) is 1. The first-order valence-corrected chi connectivity index (χ1v) is 6.29. The molecule has 0 spiro atoms. The fourth-order valence-electron chi connectivity index (χ4n) is 1.49. The van der Waals surface area contributed by atoms with Crippen molar-refractivity contribution in [2.24, 2.45) is 0 Å². The van der Waals surface area contributed by atoms with Crippen molar-refractivity contribution >= 4 is 11.6 Å². The summed E-state index contributed by atoms with van der Waals surface area (Å²) in [6.07, 6.45) is 1.88. The largest absolute Gasteiger partial charge is 0.436 e. The van der Waals surface area contributed by atoms with Crippen molar-refractivity contribution in [3.8, 4) is 11.6 Å². The first-order chi connectivity index (χ1) is 10.1. The number of anilines is 1. The van der Waals surface area contributed by atoms with E-state index in [4.69, 9.17) is 4.74 Å². The monoisotopic (exact) mass is 292 g/mol. The third kappa shape index (κ3) is 3.85. The maximum Gasteiger partial charge on any atom is 0.269 e. The van der Waals surface area contributed by atoms with Crippen LogP contribution in [0.5, 0.6) is 11.6 Å². The van der Waals surface area contributed by atoms with E-state index in [-0.39, 0.29) is 23.3 Å². The topological polar surface area (TPSA) is 90.2 Å². The van der Waals surface area contributed by atoms with Crippen molar-refractivity contribution in [3.05, 3.63) is 46.4 Å². The van der Waals surface area contributed by atoms with Gasteiger partial charge in [-0.15, -0.1) is 0 Å². The number of rotatable bonds is 6. The number of nitro benzene ring substituents is 1. The summed E-state index contributed by atoms with van der Waals surface area (Å²) in [6.45, 7) is 2.63. The predicted molar refractivity (Wildman–Crippen MR) is 73.9 cm³/mol. The van der Waals surface area contributed by atoms with Crippen LogP contribution in [0.4, 0.5) is 16.0 Å². The highest BCUT2D eigenvalue weighted by atomic mass is 19.1. The molecule has 0 saturated carbocycles. The van der Waals surface area contributed by atoms with Crippen molar-refractivity contribution in [3.63, 3.8) is 0 Å². The SMILES string of the molecule is CCCNc1ncc(F)c(Oc2ccc([N+](=O)[O-])cc2)n1. The number of benzene rings is 1. The Morgan fingerprint density at radius 3 is 2.71 bits per heavy atom. The van der Waals surface area contributed by atoms with Gasteiger partial charge in [-0.3, -0.25) is 10.1 Å². The van der Waals surface area contributed by atoms with Gasteiger partial charge >= 0.3 is 0 Å². The van der Waals surface area contributed by atoms with Crippen LogP contribution < -0.4 is 10.1 Å². The molecule has 0 radical (unpaired) electrons. The Bertz CT molecular complexity index is 634. The fourth-order valence-corrected chi connectivity index (χ4v) is 1.49. The van der Waals surface area contributed by atoms with Gasteiger partial charge in [-0.1, -0.05) is 6.92 Å². The molecule has 2 rings (SSSR count). The van der Waals surface area contributed by atoms with Gasteiger partial charge in [-0.25, -0.2) is 4.98 Å². The average molecular weight is 292 g/mol. The Kier molecular flexibility index (Phi) is 4.60. The molecule has 2 aromatic rings. The number of hydrogen-bond donors (Lipinski definition) is 1. The number of halogens is 1. The summed E-state index contributed by atoms with van der Waals surface area (Å²) in [4.78, 5) is 17.7. The van der Waals surface area contributed by atoms with Crippen LogP contribution in [-0.2, 0) is 0 Å². The number of hydrogen-bond acceptors (Lipinski definition) is 6. The third-order valence-corrected chi connectivity index (χ3v) is 2.51. The van der Waals surface area contributed by atoms with Crippen LogP contribution in [0.2, 0.25) is 0 Å². The summed E-state index contributed by atoms with van der Waals surface area (Å²) in [5.41, 5.74) is -0.0733. The van der Waals surface area contributed by atoms with E-state index in [2.05, 4.69) is 15.3 Å². The van der Waals surface area contributed by atoms with Crippen molar-refractivity contribution < 1.29 is 14.1 Å². The minimum absolute atomic E-state index is 0.0733. The molecular weight excluding hydrogens is 279 g/mol. The van der Waals surface area contributed by atoms with Crippen molar-refractivity contribution in [1.29, 1.82) is 0 Å². The van der Waals surface area contributed by atoms with Gasteiger partial charge in [0.05, 0.1) is 11.1 Å². The molecule has 7 nitrogen and oxygen atoms in total. The van der Waals surface area contributed by atoms with Crippen LogP contribution in [0.15, 0.2) is 30.5 Å². The molecule has 0 aliphatic heterocycles. The first kappa shape index (κ1) is 14.6. The molecule has 0 amide bonds. The maximum atomic E-state index is 13.6. The molecule has 1 N–H and O–H groups in total. The van der Waals surface area contributed by atoms with E-state index in [0.717, 1.165) is 12.6 Å². The summed E-state index contributed by atoms with van der Waals surface area (Å²) in [5.74, 6) is -0.442. The van der Waals surface area contributed by atoms with Gasteiger partial charge in [-0.05, 0) is 18.6 Å². The van der Waals surface area contributed by atoms with E-state index in [0.29, 0.717) is 6.54 Å². The van der Waals surface area contributed by atoms with E-state index in [1.54, 1.807) is 0 Å². The molecule has 0 aliphatic rings. The van der Waals surface area contributed by atoms with Gasteiger partial charge in [0, 0.05) is 18.7 Å². The highest BCUT2D eigenvalue weighted by Crippen LogP contribution is 2.24. The maximum absolute atomic E-state index is 13.6. The minimum atomic E-state index is -0.713. The van der Waals surface area contributed by atoms with E-state index in [1.807, 2.05) is 6.92 Å². The van der Waals surface area contributed by atoms with Crippen LogP contribution in [0.1, 0.15) is 13.3 Å². The van der Waals surface area contributed by atoms with Crippen LogP contribution in [0.3, 0.4) is 0 Å². The van der Waals surface area contributed by atoms with Crippen molar-refractivity contribution in [2.45, 2.75) is 13.3 Å². The molecule has 0 saturated heterocycles. The van der Waals surface area contributed by atoms with Crippen LogP contribution >= 0.6 is 0 Å². The molecule has 0 atom stereocenters. The van der Waals surface area contributed by atoms with E-state index >= 15 is 0 Å². The minimum Gasteiger partial charge on any atom is -0.436 e. The molecular formula is C13H13FN4O3. The molecule has 21 heavy (non-hydrogen) atoms. The van der Waals surface area contributed by atoms with Crippen LogP contribution in [-0.4, -0.2) is 21.4 Å². The molecule has 1 heterocycles. The number of nitro groups is 1. The van der Waals surface area contributed by atoms with Gasteiger partial charge in [0.2, 0.25) is 11.8 Å². The number of aromatic nitrogens is 2. The summed E-state index contributed by atoms with van der Waals surface area (Å²) in [6, 6.07) is 5.28. The van der Waals surface area contributed by atoms with Crippen LogP contribution in [0.25, 0.3) is 0 Å². The Hall–Kier alpha value is -2.77. The Balaban J connectivity index is 2.16. The molecule has 8 heteroatoms. The molecule has 0 aliphatic carbocycles. The lowest BCUT2D eigenvalue weighted by Crippen LogP contribution is -2.05. The van der Waals surface area contributed by atoms with E-state index in [9.17, 15) is 14.5 Å². The van der Waals surface area contributed by atoms with E-state index < -0.39 is 10.7 Å². The zero-order chi connectivity index (χ0) is 15.2. The zero-order valence-electron chi connectivity index (χ0n) is 11.2. The Labute approximate surface area is 120 Å². The average Bonchev–Trinajstić information content (AvgIpc) is 2.48. The second-order valence-corrected chi connectivity index (χ2v) is 4.13. The molecule has 0 unspecified atom stereocenters. The lowest BCUT2D eigenvalue weighted by Gasteiger charge is -2.07. The second kappa shape index (κ2) is 6.60.